The van der Waals surface area contributed by atoms with E-state index in [9.17, 15) is 4.79 Å². The van der Waals surface area contributed by atoms with E-state index in [1.54, 1.807) is 12.4 Å². The van der Waals surface area contributed by atoms with Crippen LogP contribution in [0.3, 0.4) is 0 Å². The molecule has 0 saturated heterocycles. The number of aromatic nitrogens is 2. The van der Waals surface area contributed by atoms with Crippen molar-refractivity contribution in [3.8, 4) is 0 Å². The number of nitrogens with zero attached hydrogens (tertiary/aromatic N) is 1. The summed E-state index contributed by atoms with van der Waals surface area (Å²) in [6, 6.07) is 3.32. The first-order valence-corrected chi connectivity index (χ1v) is 5.63. The summed E-state index contributed by atoms with van der Waals surface area (Å²) in [6.07, 6.45) is 4.95. The molecule has 17 heavy (non-hydrogen) atoms. The first-order chi connectivity index (χ1) is 8.16. The van der Waals surface area contributed by atoms with Gasteiger partial charge in [0.15, 0.2) is 0 Å². The Balaban J connectivity index is 2.07. The van der Waals surface area contributed by atoms with Crippen LogP contribution in [0.1, 0.15) is 15.9 Å². The summed E-state index contributed by atoms with van der Waals surface area (Å²) in [5.41, 5.74) is 1.30. The SMILES string of the molecule is O=C(NCc1cc[nH]c1)c1cc(Cl)ncc1Cl. The van der Waals surface area contributed by atoms with Crippen LogP contribution in [0.5, 0.6) is 0 Å². The quantitative estimate of drug-likeness (QED) is 0.842. The van der Waals surface area contributed by atoms with E-state index < -0.39 is 0 Å². The lowest BCUT2D eigenvalue weighted by atomic mass is 10.2. The molecule has 88 valence electrons. The Morgan fingerprint density at radius 1 is 1.47 bits per heavy atom. The Labute approximate surface area is 108 Å². The van der Waals surface area contributed by atoms with E-state index in [1.807, 2.05) is 6.07 Å². The topological polar surface area (TPSA) is 57.8 Å². The van der Waals surface area contributed by atoms with Gasteiger partial charge >= 0.3 is 0 Å². The average Bonchev–Trinajstić information content (AvgIpc) is 2.82. The van der Waals surface area contributed by atoms with Crippen LogP contribution in [0.2, 0.25) is 10.2 Å². The van der Waals surface area contributed by atoms with E-state index in [0.29, 0.717) is 12.1 Å². The molecule has 2 heterocycles. The van der Waals surface area contributed by atoms with Gasteiger partial charge in [0.1, 0.15) is 5.15 Å². The second-order valence-electron chi connectivity index (χ2n) is 3.39. The molecule has 0 radical (unpaired) electrons. The third kappa shape index (κ3) is 2.99. The molecule has 4 nitrogen and oxygen atoms in total. The second-order valence-corrected chi connectivity index (χ2v) is 4.18. The molecular formula is C11H9Cl2N3O. The zero-order chi connectivity index (χ0) is 12.3. The van der Waals surface area contributed by atoms with Crippen LogP contribution in [0.25, 0.3) is 0 Å². The number of carbonyl (C=O) groups excluding carboxylic acids is 1. The maximum Gasteiger partial charge on any atom is 0.253 e. The van der Waals surface area contributed by atoms with Crippen LogP contribution in [0.4, 0.5) is 0 Å². The fourth-order valence-electron chi connectivity index (χ4n) is 1.33. The molecule has 0 aliphatic heterocycles. The Bertz CT molecular complexity index is 526. The molecular weight excluding hydrogens is 261 g/mol. The van der Waals surface area contributed by atoms with Crippen LogP contribution < -0.4 is 5.32 Å². The molecule has 0 aliphatic carbocycles. The zero-order valence-corrected chi connectivity index (χ0v) is 10.2. The normalized spacial score (nSPS) is 10.2. The molecule has 0 fully saturated rings. The van der Waals surface area contributed by atoms with Crippen LogP contribution in [-0.4, -0.2) is 15.9 Å². The van der Waals surface area contributed by atoms with Crippen molar-refractivity contribution in [2.24, 2.45) is 0 Å². The second kappa shape index (κ2) is 5.21. The summed E-state index contributed by atoms with van der Waals surface area (Å²) in [4.78, 5) is 18.5. The summed E-state index contributed by atoms with van der Waals surface area (Å²) in [6.45, 7) is 0.429. The highest BCUT2D eigenvalue weighted by atomic mass is 35.5. The van der Waals surface area contributed by atoms with E-state index in [4.69, 9.17) is 23.2 Å². The minimum atomic E-state index is -0.277. The standard InChI is InChI=1S/C11H9Cl2N3O/c12-9-6-15-10(13)3-8(9)11(17)16-5-7-1-2-14-4-7/h1-4,6,14H,5H2,(H,16,17). The van der Waals surface area contributed by atoms with Crippen molar-refractivity contribution < 1.29 is 4.79 Å². The van der Waals surface area contributed by atoms with E-state index in [-0.39, 0.29) is 16.1 Å². The molecule has 2 rings (SSSR count). The Morgan fingerprint density at radius 3 is 3.00 bits per heavy atom. The molecule has 1 amide bonds. The predicted octanol–water partition coefficient (Wildman–Crippen LogP) is 2.65. The van der Waals surface area contributed by atoms with Gasteiger partial charge in [-0.15, -0.1) is 0 Å². The lowest BCUT2D eigenvalue weighted by Crippen LogP contribution is -2.23. The van der Waals surface area contributed by atoms with E-state index in [0.717, 1.165) is 5.56 Å². The molecule has 2 aromatic rings. The van der Waals surface area contributed by atoms with Crippen LogP contribution >= 0.6 is 23.2 Å². The number of amides is 1. The van der Waals surface area contributed by atoms with E-state index in [1.165, 1.54) is 12.3 Å². The fourth-order valence-corrected chi connectivity index (χ4v) is 1.68. The van der Waals surface area contributed by atoms with Gasteiger partial charge in [-0.05, 0) is 17.7 Å². The molecule has 0 bridgehead atoms. The first-order valence-electron chi connectivity index (χ1n) is 4.88. The van der Waals surface area contributed by atoms with Crippen molar-refractivity contribution in [2.45, 2.75) is 6.54 Å². The number of hydrogen-bond acceptors (Lipinski definition) is 2. The van der Waals surface area contributed by atoms with Gasteiger partial charge in [0.05, 0.1) is 10.6 Å². The Morgan fingerprint density at radius 2 is 2.29 bits per heavy atom. The van der Waals surface area contributed by atoms with Crippen molar-refractivity contribution in [3.63, 3.8) is 0 Å². The lowest BCUT2D eigenvalue weighted by Gasteiger charge is -2.05. The molecule has 0 unspecified atom stereocenters. The number of nitrogens with one attached hydrogen (secondary N) is 2. The molecule has 0 spiro atoms. The Hall–Kier alpha value is -1.52. The molecule has 0 saturated carbocycles. The van der Waals surface area contributed by atoms with E-state index in [2.05, 4.69) is 15.3 Å². The molecule has 2 N–H and O–H groups in total. The number of carbonyl (C=O) groups is 1. The van der Waals surface area contributed by atoms with Crippen molar-refractivity contribution in [3.05, 3.63) is 52.0 Å². The van der Waals surface area contributed by atoms with Crippen molar-refractivity contribution >= 4 is 29.1 Å². The van der Waals surface area contributed by atoms with Crippen LogP contribution in [0.15, 0.2) is 30.7 Å². The number of pyridine rings is 1. The minimum Gasteiger partial charge on any atom is -0.367 e. The third-order valence-electron chi connectivity index (χ3n) is 2.18. The molecule has 2 aromatic heterocycles. The van der Waals surface area contributed by atoms with Crippen LogP contribution in [-0.2, 0) is 6.54 Å². The summed E-state index contributed by atoms with van der Waals surface area (Å²) in [7, 11) is 0. The summed E-state index contributed by atoms with van der Waals surface area (Å²) in [5.74, 6) is -0.277. The summed E-state index contributed by atoms with van der Waals surface area (Å²) >= 11 is 11.6. The first kappa shape index (κ1) is 12.0. The van der Waals surface area contributed by atoms with Gasteiger partial charge in [-0.2, -0.15) is 0 Å². The van der Waals surface area contributed by atoms with Crippen molar-refractivity contribution in [1.82, 2.24) is 15.3 Å². The van der Waals surface area contributed by atoms with Gasteiger partial charge in [0.25, 0.3) is 5.91 Å². The summed E-state index contributed by atoms with van der Waals surface area (Å²) < 4.78 is 0. The lowest BCUT2D eigenvalue weighted by molar-refractivity contribution is 0.0951. The number of aromatic amines is 1. The molecule has 0 aromatic carbocycles. The molecule has 0 aliphatic rings. The highest BCUT2D eigenvalue weighted by Crippen LogP contribution is 2.17. The average molecular weight is 270 g/mol. The minimum absolute atomic E-state index is 0.237. The maximum atomic E-state index is 11.8. The number of rotatable bonds is 3. The van der Waals surface area contributed by atoms with Crippen LogP contribution in [0, 0.1) is 0 Å². The van der Waals surface area contributed by atoms with Crippen molar-refractivity contribution in [2.75, 3.05) is 0 Å². The third-order valence-corrected chi connectivity index (χ3v) is 2.69. The smallest absolute Gasteiger partial charge is 0.253 e. The summed E-state index contributed by atoms with van der Waals surface area (Å²) in [5, 5.41) is 3.26. The van der Waals surface area contributed by atoms with Gasteiger partial charge in [0.2, 0.25) is 0 Å². The van der Waals surface area contributed by atoms with Crippen molar-refractivity contribution in [1.29, 1.82) is 0 Å². The van der Waals surface area contributed by atoms with Gasteiger partial charge in [0, 0.05) is 25.1 Å². The molecule has 6 heteroatoms. The number of hydrogen-bond donors (Lipinski definition) is 2. The fraction of sp³-hybridized carbons (Fsp3) is 0.0909. The monoisotopic (exact) mass is 269 g/mol. The Kier molecular flexibility index (Phi) is 3.66. The van der Waals surface area contributed by atoms with Gasteiger partial charge in [-0.25, -0.2) is 4.98 Å². The number of H-pyrrole nitrogens is 1. The highest BCUT2D eigenvalue weighted by Gasteiger charge is 2.11. The van der Waals surface area contributed by atoms with E-state index >= 15 is 0 Å². The highest BCUT2D eigenvalue weighted by molar-refractivity contribution is 6.35. The van der Waals surface area contributed by atoms with Gasteiger partial charge in [-0.3, -0.25) is 4.79 Å². The van der Waals surface area contributed by atoms with Gasteiger partial charge < -0.3 is 10.3 Å². The van der Waals surface area contributed by atoms with Gasteiger partial charge in [-0.1, -0.05) is 23.2 Å². The zero-order valence-electron chi connectivity index (χ0n) is 8.71. The number of halogens is 2. The predicted molar refractivity (Wildman–Crippen MR) is 66.2 cm³/mol. The molecule has 0 atom stereocenters. The maximum absolute atomic E-state index is 11.8. The largest absolute Gasteiger partial charge is 0.367 e.